The molecule has 1 aromatic rings. The number of ketones is 1. The Labute approximate surface area is 140 Å². The molecule has 2 heteroatoms. The molecule has 1 heterocycles. The van der Waals surface area contributed by atoms with Gasteiger partial charge in [-0.15, -0.1) is 0 Å². The average molecular weight is 322 g/mol. The molecule has 0 bridgehead atoms. The SMILES string of the molecule is CCC.Cc1ccc(C(=O)C([S+]2CCCC2)C(C)(C)C)cc1. The van der Waals surface area contributed by atoms with Crippen molar-refractivity contribution < 1.29 is 4.79 Å². The van der Waals surface area contributed by atoms with Crippen LogP contribution < -0.4 is 0 Å². The Morgan fingerprint density at radius 3 is 1.95 bits per heavy atom. The van der Waals surface area contributed by atoms with E-state index in [1.807, 2.05) is 24.3 Å². The van der Waals surface area contributed by atoms with Crippen LogP contribution in [-0.4, -0.2) is 22.5 Å². The van der Waals surface area contributed by atoms with Gasteiger partial charge in [0.1, 0.15) is 11.5 Å². The van der Waals surface area contributed by atoms with Crippen molar-refractivity contribution in [3.63, 3.8) is 0 Å². The Morgan fingerprint density at radius 1 is 1.09 bits per heavy atom. The van der Waals surface area contributed by atoms with E-state index in [4.69, 9.17) is 0 Å². The summed E-state index contributed by atoms with van der Waals surface area (Å²) in [6, 6.07) is 8.08. The van der Waals surface area contributed by atoms with Gasteiger partial charge in [0, 0.05) is 11.0 Å². The van der Waals surface area contributed by atoms with Gasteiger partial charge in [-0.3, -0.25) is 4.79 Å². The first kappa shape index (κ1) is 19.3. The lowest BCUT2D eigenvalue weighted by Crippen LogP contribution is -2.42. The van der Waals surface area contributed by atoms with Gasteiger partial charge in [0.2, 0.25) is 5.78 Å². The van der Waals surface area contributed by atoms with Crippen molar-refractivity contribution in [1.29, 1.82) is 0 Å². The van der Waals surface area contributed by atoms with Gasteiger partial charge in [-0.2, -0.15) is 0 Å². The summed E-state index contributed by atoms with van der Waals surface area (Å²) in [5.41, 5.74) is 2.17. The number of carbonyl (C=O) groups is 1. The molecule has 0 spiro atoms. The molecule has 0 radical (unpaired) electrons. The molecule has 0 aliphatic carbocycles. The van der Waals surface area contributed by atoms with E-state index < -0.39 is 0 Å². The molecule has 1 atom stereocenters. The van der Waals surface area contributed by atoms with Gasteiger partial charge in [-0.05, 0) is 30.7 Å². The lowest BCUT2D eigenvalue weighted by Gasteiger charge is -2.27. The number of aryl methyl sites for hydroxylation is 1. The fourth-order valence-electron chi connectivity index (χ4n) is 2.83. The number of carbonyl (C=O) groups excluding carboxylic acids is 1. The van der Waals surface area contributed by atoms with Crippen LogP contribution in [0.15, 0.2) is 24.3 Å². The third kappa shape index (κ3) is 5.46. The average Bonchev–Trinajstić information content (AvgIpc) is 2.92. The third-order valence-corrected chi connectivity index (χ3v) is 6.97. The molecule has 1 nitrogen and oxygen atoms in total. The standard InChI is InChI=1S/C17H25OS.C3H8/c1-13-7-9-14(10-8-13)15(18)16(17(2,3)4)19-11-5-6-12-19;1-3-2/h7-10,16H,5-6,11-12H2,1-4H3;3H2,1-2H3/q+1;. The molecule has 1 aliphatic rings. The van der Waals surface area contributed by atoms with Gasteiger partial charge < -0.3 is 0 Å². The van der Waals surface area contributed by atoms with Crippen LogP contribution in [0.3, 0.4) is 0 Å². The van der Waals surface area contributed by atoms with Crippen molar-refractivity contribution in [2.75, 3.05) is 11.5 Å². The lowest BCUT2D eigenvalue weighted by atomic mass is 9.87. The molecule has 124 valence electrons. The Hall–Kier alpha value is -0.760. The van der Waals surface area contributed by atoms with Crippen LogP contribution in [0.25, 0.3) is 0 Å². The maximum atomic E-state index is 12.9. The molecule has 1 aromatic carbocycles. The number of hydrogen-bond acceptors (Lipinski definition) is 1. The fourth-order valence-corrected chi connectivity index (χ4v) is 6.09. The third-order valence-electron chi connectivity index (χ3n) is 3.76. The first-order chi connectivity index (χ1) is 10.3. The zero-order valence-corrected chi connectivity index (χ0v) is 16.1. The molecule has 1 aliphatic heterocycles. The summed E-state index contributed by atoms with van der Waals surface area (Å²) in [6.07, 6.45) is 3.85. The van der Waals surface area contributed by atoms with E-state index in [0.29, 0.717) is 5.78 Å². The van der Waals surface area contributed by atoms with Gasteiger partial charge in [0.05, 0.1) is 0 Å². The van der Waals surface area contributed by atoms with Gasteiger partial charge >= 0.3 is 0 Å². The largest absolute Gasteiger partial charge is 0.288 e. The summed E-state index contributed by atoms with van der Waals surface area (Å²) in [6.45, 7) is 13.0. The number of benzene rings is 1. The zero-order valence-electron chi connectivity index (χ0n) is 15.2. The van der Waals surface area contributed by atoms with Gasteiger partial charge in [0.15, 0.2) is 5.25 Å². The highest BCUT2D eigenvalue weighted by Gasteiger charge is 2.46. The predicted octanol–water partition coefficient (Wildman–Crippen LogP) is 5.42. The minimum Gasteiger partial charge on any atom is -0.288 e. The minimum absolute atomic E-state index is 0.0649. The van der Waals surface area contributed by atoms with Crippen LogP contribution in [0.1, 0.15) is 69.8 Å². The van der Waals surface area contributed by atoms with Gasteiger partial charge in [-0.1, -0.05) is 70.9 Å². The molecule has 1 unspecified atom stereocenters. The van der Waals surface area contributed by atoms with Gasteiger partial charge in [-0.25, -0.2) is 0 Å². The quantitative estimate of drug-likeness (QED) is 0.536. The summed E-state index contributed by atoms with van der Waals surface area (Å²) in [7, 11) is 0.280. The van der Waals surface area contributed by atoms with E-state index in [9.17, 15) is 4.79 Å². The first-order valence-electron chi connectivity index (χ1n) is 8.58. The van der Waals surface area contributed by atoms with Crippen LogP contribution in [0.4, 0.5) is 0 Å². The second kappa shape index (κ2) is 8.76. The highest BCUT2D eigenvalue weighted by molar-refractivity contribution is 7.98. The van der Waals surface area contributed by atoms with Crippen molar-refractivity contribution in [2.45, 2.75) is 66.1 Å². The highest BCUT2D eigenvalue weighted by Crippen LogP contribution is 2.34. The predicted molar refractivity (Wildman–Crippen MR) is 101 cm³/mol. The van der Waals surface area contributed by atoms with E-state index in [1.54, 1.807) is 0 Å². The van der Waals surface area contributed by atoms with Crippen LogP contribution in [-0.2, 0) is 10.9 Å². The van der Waals surface area contributed by atoms with Gasteiger partial charge in [0.25, 0.3) is 0 Å². The molecule has 0 amide bonds. The zero-order chi connectivity index (χ0) is 16.8. The maximum absolute atomic E-state index is 12.9. The molecule has 0 aromatic heterocycles. The van der Waals surface area contributed by atoms with Crippen molar-refractivity contribution in [3.05, 3.63) is 35.4 Å². The Bertz CT molecular complexity index is 450. The summed E-state index contributed by atoms with van der Waals surface area (Å²) < 4.78 is 0. The Balaban J connectivity index is 0.000000745. The normalized spacial score (nSPS) is 16.8. The van der Waals surface area contributed by atoms with Crippen molar-refractivity contribution >= 4 is 16.7 Å². The summed E-state index contributed by atoms with van der Waals surface area (Å²) in [5, 5.41) is 0.192. The minimum atomic E-state index is 0.0649. The van der Waals surface area contributed by atoms with E-state index in [0.717, 1.165) is 5.56 Å². The first-order valence-corrected chi connectivity index (χ1v) is 10.2. The van der Waals surface area contributed by atoms with E-state index in [1.165, 1.54) is 36.3 Å². The smallest absolute Gasteiger partial charge is 0.215 e. The molecule has 0 N–H and O–H groups in total. The van der Waals surface area contributed by atoms with Crippen molar-refractivity contribution in [2.24, 2.45) is 5.41 Å². The number of Topliss-reactive ketones (excluding diaryl/α,β-unsaturated/α-hetero) is 1. The Kier molecular flexibility index (Phi) is 7.68. The molecule has 22 heavy (non-hydrogen) atoms. The highest BCUT2D eigenvalue weighted by atomic mass is 32.2. The topological polar surface area (TPSA) is 17.1 Å². The van der Waals surface area contributed by atoms with E-state index in [2.05, 4.69) is 41.5 Å². The number of hydrogen-bond donors (Lipinski definition) is 0. The van der Waals surface area contributed by atoms with Crippen LogP contribution >= 0.6 is 0 Å². The monoisotopic (exact) mass is 321 g/mol. The maximum Gasteiger partial charge on any atom is 0.215 e. The summed E-state index contributed by atoms with van der Waals surface area (Å²) in [5.74, 6) is 2.86. The summed E-state index contributed by atoms with van der Waals surface area (Å²) in [4.78, 5) is 12.9. The van der Waals surface area contributed by atoms with Crippen molar-refractivity contribution in [3.8, 4) is 0 Å². The van der Waals surface area contributed by atoms with Crippen LogP contribution in [0.5, 0.6) is 0 Å². The fraction of sp³-hybridized carbons (Fsp3) is 0.650. The molecular weight excluding hydrogens is 288 g/mol. The van der Waals surface area contributed by atoms with E-state index in [-0.39, 0.29) is 21.6 Å². The molecule has 0 saturated carbocycles. The van der Waals surface area contributed by atoms with Crippen LogP contribution in [0.2, 0.25) is 0 Å². The van der Waals surface area contributed by atoms with Crippen LogP contribution in [0, 0.1) is 12.3 Å². The Morgan fingerprint density at radius 2 is 1.55 bits per heavy atom. The molecule has 2 rings (SSSR count). The van der Waals surface area contributed by atoms with Crippen molar-refractivity contribution in [1.82, 2.24) is 0 Å². The summed E-state index contributed by atoms with van der Waals surface area (Å²) >= 11 is 0. The molecular formula is C20H33OS+. The lowest BCUT2D eigenvalue weighted by molar-refractivity contribution is 0.0949. The number of rotatable bonds is 3. The molecule has 1 fully saturated rings. The second-order valence-corrected chi connectivity index (χ2v) is 9.70. The second-order valence-electron chi connectivity index (χ2n) is 7.34. The molecule has 1 saturated heterocycles. The van der Waals surface area contributed by atoms with E-state index >= 15 is 0 Å².